The Kier molecular flexibility index (Phi) is 3.70. The highest BCUT2D eigenvalue weighted by Gasteiger charge is 2.18. The van der Waals surface area contributed by atoms with Crippen LogP contribution in [0.3, 0.4) is 0 Å². The van der Waals surface area contributed by atoms with Crippen molar-refractivity contribution in [3.05, 3.63) is 52.5 Å². The maximum absolute atomic E-state index is 12.7. The van der Waals surface area contributed by atoms with Gasteiger partial charge >= 0.3 is 0 Å². The second kappa shape index (κ2) is 5.65. The van der Waals surface area contributed by atoms with Crippen molar-refractivity contribution >= 4 is 32.9 Å². The molecule has 3 rings (SSSR count). The second-order valence-electron chi connectivity index (χ2n) is 4.37. The summed E-state index contributed by atoms with van der Waals surface area (Å²) >= 11 is 3.38. The Morgan fingerprint density at radius 3 is 2.90 bits per heavy atom. The lowest BCUT2D eigenvalue weighted by Crippen LogP contribution is -2.15. The van der Waals surface area contributed by atoms with Gasteiger partial charge in [-0.1, -0.05) is 33.3 Å². The van der Waals surface area contributed by atoms with Gasteiger partial charge in [0.25, 0.3) is 5.91 Å². The van der Waals surface area contributed by atoms with Crippen LogP contribution in [-0.4, -0.2) is 27.5 Å². The minimum Gasteiger partial charge on any atom is -0.493 e. The van der Waals surface area contributed by atoms with Crippen molar-refractivity contribution in [2.24, 2.45) is 0 Å². The van der Waals surface area contributed by atoms with Gasteiger partial charge in [-0.3, -0.25) is 4.79 Å². The van der Waals surface area contributed by atoms with E-state index in [0.717, 1.165) is 4.47 Å². The Morgan fingerprint density at radius 2 is 2.10 bits per heavy atom. The molecule has 0 bridgehead atoms. The summed E-state index contributed by atoms with van der Waals surface area (Å²) in [6.45, 7) is 2.36. The predicted octanol–water partition coefficient (Wildman–Crippen LogP) is 3.28. The molecule has 0 fully saturated rings. The third-order valence-electron chi connectivity index (χ3n) is 3.02. The van der Waals surface area contributed by atoms with Gasteiger partial charge in [0.2, 0.25) is 0 Å². The highest BCUT2D eigenvalue weighted by molar-refractivity contribution is 9.10. The fourth-order valence-electron chi connectivity index (χ4n) is 2.08. The SMILES string of the molecule is CCOc1ccc(Br)cc1C(=O)n1nnc2ccccc21. The average Bonchev–Trinajstić information content (AvgIpc) is 2.92. The van der Waals surface area contributed by atoms with Gasteiger partial charge in [0, 0.05) is 4.47 Å². The number of ether oxygens (including phenoxy) is 1. The fourth-order valence-corrected chi connectivity index (χ4v) is 2.44. The van der Waals surface area contributed by atoms with E-state index in [1.165, 1.54) is 4.68 Å². The number of benzene rings is 2. The maximum Gasteiger partial charge on any atom is 0.283 e. The largest absolute Gasteiger partial charge is 0.493 e. The van der Waals surface area contributed by atoms with E-state index in [1.807, 2.05) is 37.3 Å². The van der Waals surface area contributed by atoms with Gasteiger partial charge in [0.1, 0.15) is 11.3 Å². The number of aromatic nitrogens is 3. The lowest BCUT2D eigenvalue weighted by atomic mass is 10.2. The highest BCUT2D eigenvalue weighted by atomic mass is 79.9. The number of carbonyl (C=O) groups excluding carboxylic acids is 1. The molecule has 0 saturated carbocycles. The van der Waals surface area contributed by atoms with Crippen LogP contribution in [0.15, 0.2) is 46.9 Å². The average molecular weight is 346 g/mol. The number of carbonyl (C=O) groups is 1. The minimum atomic E-state index is -0.270. The molecular weight excluding hydrogens is 334 g/mol. The van der Waals surface area contributed by atoms with Gasteiger partial charge in [0.05, 0.1) is 17.7 Å². The van der Waals surface area contributed by atoms with Crippen molar-refractivity contribution in [3.63, 3.8) is 0 Å². The topological polar surface area (TPSA) is 57.0 Å². The molecule has 0 aliphatic carbocycles. The van der Waals surface area contributed by atoms with E-state index in [-0.39, 0.29) is 5.91 Å². The van der Waals surface area contributed by atoms with Crippen LogP contribution < -0.4 is 4.74 Å². The van der Waals surface area contributed by atoms with Crippen LogP contribution in [0.5, 0.6) is 5.75 Å². The predicted molar refractivity (Wildman–Crippen MR) is 82.6 cm³/mol. The normalized spacial score (nSPS) is 10.8. The number of hydrogen-bond donors (Lipinski definition) is 0. The Labute approximate surface area is 129 Å². The molecule has 0 amide bonds. The third-order valence-corrected chi connectivity index (χ3v) is 3.51. The number of halogens is 1. The Bertz CT molecular complexity index is 814. The summed E-state index contributed by atoms with van der Waals surface area (Å²) in [5.41, 5.74) is 1.80. The summed E-state index contributed by atoms with van der Waals surface area (Å²) in [5, 5.41) is 7.95. The molecule has 2 aromatic carbocycles. The first-order valence-electron chi connectivity index (χ1n) is 6.48. The summed E-state index contributed by atoms with van der Waals surface area (Å²) < 4.78 is 7.62. The smallest absolute Gasteiger partial charge is 0.283 e. The quantitative estimate of drug-likeness (QED) is 0.730. The summed E-state index contributed by atoms with van der Waals surface area (Å²) in [6.07, 6.45) is 0. The lowest BCUT2D eigenvalue weighted by molar-refractivity contribution is 0.0944. The summed E-state index contributed by atoms with van der Waals surface area (Å²) in [6, 6.07) is 12.7. The molecule has 6 heteroatoms. The summed E-state index contributed by atoms with van der Waals surface area (Å²) in [7, 11) is 0. The first-order chi connectivity index (χ1) is 10.2. The molecule has 0 aliphatic heterocycles. The molecule has 0 aliphatic rings. The van der Waals surface area contributed by atoms with E-state index >= 15 is 0 Å². The van der Waals surface area contributed by atoms with Gasteiger partial charge in [-0.15, -0.1) is 5.10 Å². The molecule has 0 unspecified atom stereocenters. The summed E-state index contributed by atoms with van der Waals surface area (Å²) in [5.74, 6) is 0.263. The van der Waals surface area contributed by atoms with Crippen LogP contribution in [0, 0.1) is 0 Å². The van der Waals surface area contributed by atoms with Crippen molar-refractivity contribution in [2.45, 2.75) is 6.92 Å². The number of para-hydroxylation sites is 1. The minimum absolute atomic E-state index is 0.270. The van der Waals surface area contributed by atoms with E-state index in [4.69, 9.17) is 4.74 Å². The van der Waals surface area contributed by atoms with Crippen LogP contribution in [0.25, 0.3) is 11.0 Å². The molecule has 21 heavy (non-hydrogen) atoms. The zero-order valence-electron chi connectivity index (χ0n) is 11.3. The Hall–Kier alpha value is -2.21. The molecule has 106 valence electrons. The highest BCUT2D eigenvalue weighted by Crippen LogP contribution is 2.25. The molecule has 1 heterocycles. The first-order valence-corrected chi connectivity index (χ1v) is 7.27. The Balaban J connectivity index is 2.12. The molecule has 0 atom stereocenters. The van der Waals surface area contributed by atoms with Crippen LogP contribution in [0.4, 0.5) is 0 Å². The molecule has 0 spiro atoms. The Morgan fingerprint density at radius 1 is 1.29 bits per heavy atom. The third kappa shape index (κ3) is 2.54. The zero-order chi connectivity index (χ0) is 14.8. The van der Waals surface area contributed by atoms with Crippen molar-refractivity contribution in [1.29, 1.82) is 0 Å². The van der Waals surface area contributed by atoms with E-state index in [1.54, 1.807) is 12.1 Å². The first kappa shape index (κ1) is 13.8. The van der Waals surface area contributed by atoms with Crippen LogP contribution in [0.2, 0.25) is 0 Å². The maximum atomic E-state index is 12.7. The fraction of sp³-hybridized carbons (Fsp3) is 0.133. The monoisotopic (exact) mass is 345 g/mol. The molecule has 0 saturated heterocycles. The van der Waals surface area contributed by atoms with Crippen LogP contribution >= 0.6 is 15.9 Å². The molecule has 3 aromatic rings. The molecule has 5 nitrogen and oxygen atoms in total. The van der Waals surface area contributed by atoms with Crippen LogP contribution in [-0.2, 0) is 0 Å². The molecule has 0 radical (unpaired) electrons. The standard InChI is InChI=1S/C15H12BrN3O2/c1-2-21-14-8-7-10(16)9-11(14)15(20)19-13-6-4-3-5-12(13)17-18-19/h3-9H,2H2,1H3. The van der Waals surface area contributed by atoms with Crippen LogP contribution in [0.1, 0.15) is 17.3 Å². The summed E-state index contributed by atoms with van der Waals surface area (Å²) in [4.78, 5) is 12.7. The van der Waals surface area contributed by atoms with Gasteiger partial charge in [-0.2, -0.15) is 4.68 Å². The van der Waals surface area contributed by atoms with Gasteiger partial charge < -0.3 is 4.74 Å². The van der Waals surface area contributed by atoms with E-state index in [2.05, 4.69) is 26.2 Å². The molecule has 0 N–H and O–H groups in total. The van der Waals surface area contributed by atoms with Gasteiger partial charge in [-0.25, -0.2) is 0 Å². The number of rotatable bonds is 3. The van der Waals surface area contributed by atoms with E-state index in [9.17, 15) is 4.79 Å². The van der Waals surface area contributed by atoms with E-state index < -0.39 is 0 Å². The zero-order valence-corrected chi connectivity index (χ0v) is 12.9. The van der Waals surface area contributed by atoms with Gasteiger partial charge in [-0.05, 0) is 37.3 Å². The number of fused-ring (bicyclic) bond motifs is 1. The lowest BCUT2D eigenvalue weighted by Gasteiger charge is -2.09. The van der Waals surface area contributed by atoms with Gasteiger partial charge in [0.15, 0.2) is 0 Å². The van der Waals surface area contributed by atoms with E-state index in [0.29, 0.717) is 29.0 Å². The van der Waals surface area contributed by atoms with Crippen molar-refractivity contribution in [1.82, 2.24) is 15.0 Å². The second-order valence-corrected chi connectivity index (χ2v) is 5.28. The van der Waals surface area contributed by atoms with Crippen molar-refractivity contribution < 1.29 is 9.53 Å². The number of hydrogen-bond acceptors (Lipinski definition) is 4. The van der Waals surface area contributed by atoms with Crippen molar-refractivity contribution in [2.75, 3.05) is 6.61 Å². The molecular formula is C15H12BrN3O2. The number of nitrogens with zero attached hydrogens (tertiary/aromatic N) is 3. The van der Waals surface area contributed by atoms with Crippen molar-refractivity contribution in [3.8, 4) is 5.75 Å². The molecule has 1 aromatic heterocycles.